The molecule has 0 saturated carbocycles. The van der Waals surface area contributed by atoms with Crippen LogP contribution in [-0.2, 0) is 20.3 Å². The molecular weight excluding hydrogens is 260 g/mol. The van der Waals surface area contributed by atoms with Gasteiger partial charge >= 0.3 is 0 Å². The van der Waals surface area contributed by atoms with Gasteiger partial charge in [0.05, 0.1) is 6.61 Å². The lowest BCUT2D eigenvalue weighted by atomic mass is 9.71. The molecule has 0 aromatic heterocycles. The molecule has 0 N–H and O–H groups in total. The van der Waals surface area contributed by atoms with E-state index >= 15 is 0 Å². The molecule has 0 spiro atoms. The Hall–Kier alpha value is -0.860. The third-order valence-corrected chi connectivity index (χ3v) is 6.27. The van der Waals surface area contributed by atoms with Crippen LogP contribution >= 0.6 is 0 Å². The normalized spacial score (nSPS) is 32.6. The Morgan fingerprint density at radius 2 is 1.52 bits per heavy atom. The Bertz CT molecular complexity index is 571. The number of ether oxygens (including phenoxy) is 2. The summed E-state index contributed by atoms with van der Waals surface area (Å²) in [5.41, 5.74) is 6.03. The van der Waals surface area contributed by atoms with E-state index in [1.807, 2.05) is 0 Å². The summed E-state index contributed by atoms with van der Waals surface area (Å²) in [6.07, 6.45) is -0.212. The molecule has 0 bridgehead atoms. The SMILES string of the molecule is COC1OCC(C)c2cc3c(cc21)C(C)(C)C(C)C3(C)C. The van der Waals surface area contributed by atoms with Crippen molar-refractivity contribution in [3.05, 3.63) is 34.4 Å². The molecule has 2 heteroatoms. The van der Waals surface area contributed by atoms with Gasteiger partial charge in [0.2, 0.25) is 0 Å². The Labute approximate surface area is 128 Å². The predicted molar refractivity (Wildman–Crippen MR) is 85.8 cm³/mol. The van der Waals surface area contributed by atoms with E-state index in [9.17, 15) is 0 Å². The van der Waals surface area contributed by atoms with Crippen LogP contribution in [-0.4, -0.2) is 13.7 Å². The smallest absolute Gasteiger partial charge is 0.183 e. The van der Waals surface area contributed by atoms with Crippen molar-refractivity contribution in [1.82, 2.24) is 0 Å². The van der Waals surface area contributed by atoms with E-state index in [-0.39, 0.29) is 17.1 Å². The number of methoxy groups -OCH3 is 1. The number of fused-ring (bicyclic) bond motifs is 2. The molecule has 0 radical (unpaired) electrons. The fourth-order valence-corrected chi connectivity index (χ4v) is 4.31. The van der Waals surface area contributed by atoms with Crippen LogP contribution in [0.25, 0.3) is 0 Å². The van der Waals surface area contributed by atoms with E-state index in [0.29, 0.717) is 11.8 Å². The third-order valence-electron chi connectivity index (χ3n) is 6.27. The summed E-state index contributed by atoms with van der Waals surface area (Å²) in [6, 6.07) is 4.80. The fraction of sp³-hybridized carbons (Fsp3) is 0.684. The maximum atomic E-state index is 5.85. The lowest BCUT2D eigenvalue weighted by molar-refractivity contribution is -0.139. The molecule has 116 valence electrons. The monoisotopic (exact) mass is 288 g/mol. The van der Waals surface area contributed by atoms with Crippen LogP contribution in [0.2, 0.25) is 0 Å². The van der Waals surface area contributed by atoms with Gasteiger partial charge in [0, 0.05) is 18.6 Å². The van der Waals surface area contributed by atoms with Crippen molar-refractivity contribution in [2.45, 2.75) is 64.6 Å². The third kappa shape index (κ3) is 1.92. The van der Waals surface area contributed by atoms with Crippen LogP contribution in [0, 0.1) is 5.92 Å². The summed E-state index contributed by atoms with van der Waals surface area (Å²) >= 11 is 0. The van der Waals surface area contributed by atoms with Gasteiger partial charge in [-0.1, -0.05) is 47.6 Å². The highest BCUT2D eigenvalue weighted by atomic mass is 16.7. The molecule has 1 heterocycles. The van der Waals surface area contributed by atoms with Crippen molar-refractivity contribution in [3.63, 3.8) is 0 Å². The Morgan fingerprint density at radius 1 is 1.00 bits per heavy atom. The van der Waals surface area contributed by atoms with Crippen molar-refractivity contribution in [1.29, 1.82) is 0 Å². The summed E-state index contributed by atoms with van der Waals surface area (Å²) in [5.74, 6) is 1.05. The van der Waals surface area contributed by atoms with Gasteiger partial charge in [0.15, 0.2) is 6.29 Å². The van der Waals surface area contributed by atoms with E-state index in [1.54, 1.807) is 7.11 Å². The molecule has 0 amide bonds. The van der Waals surface area contributed by atoms with Crippen molar-refractivity contribution >= 4 is 0 Å². The van der Waals surface area contributed by atoms with Crippen LogP contribution in [0.3, 0.4) is 0 Å². The Balaban J connectivity index is 2.25. The molecule has 1 aliphatic heterocycles. The van der Waals surface area contributed by atoms with Crippen LogP contribution < -0.4 is 0 Å². The Morgan fingerprint density at radius 3 is 2.05 bits per heavy atom. The largest absolute Gasteiger partial charge is 0.352 e. The first kappa shape index (κ1) is 15.1. The van der Waals surface area contributed by atoms with Crippen LogP contribution in [0.5, 0.6) is 0 Å². The van der Waals surface area contributed by atoms with E-state index in [2.05, 4.69) is 53.7 Å². The van der Waals surface area contributed by atoms with Crippen molar-refractivity contribution in [2.75, 3.05) is 13.7 Å². The van der Waals surface area contributed by atoms with Gasteiger partial charge in [0.25, 0.3) is 0 Å². The minimum atomic E-state index is -0.212. The summed E-state index contributed by atoms with van der Waals surface area (Å²) < 4.78 is 11.4. The summed E-state index contributed by atoms with van der Waals surface area (Å²) in [4.78, 5) is 0. The molecule has 0 fully saturated rings. The second-order valence-electron chi connectivity index (χ2n) is 7.99. The van der Waals surface area contributed by atoms with Gasteiger partial charge < -0.3 is 9.47 Å². The van der Waals surface area contributed by atoms with E-state index in [0.717, 1.165) is 6.61 Å². The standard InChI is InChI=1S/C19H28O2/c1-11-10-21-17(20-7)14-9-16-15(8-13(11)14)18(3,4)12(2)19(16,5)6/h8-9,11-12,17H,10H2,1-7H3. The molecular formula is C19H28O2. The maximum Gasteiger partial charge on any atom is 0.183 e. The highest BCUT2D eigenvalue weighted by Crippen LogP contribution is 2.55. The fourth-order valence-electron chi connectivity index (χ4n) is 4.31. The molecule has 1 aliphatic carbocycles. The first-order valence-corrected chi connectivity index (χ1v) is 8.04. The quantitative estimate of drug-likeness (QED) is 0.747. The molecule has 3 atom stereocenters. The minimum absolute atomic E-state index is 0.187. The van der Waals surface area contributed by atoms with Crippen LogP contribution in [0.4, 0.5) is 0 Å². The number of benzene rings is 1. The summed E-state index contributed by atoms with van der Waals surface area (Å²) in [5, 5.41) is 0. The van der Waals surface area contributed by atoms with E-state index < -0.39 is 0 Å². The minimum Gasteiger partial charge on any atom is -0.352 e. The molecule has 0 saturated heterocycles. The lowest BCUT2D eigenvalue weighted by Gasteiger charge is -2.32. The van der Waals surface area contributed by atoms with Gasteiger partial charge in [-0.25, -0.2) is 0 Å². The lowest BCUT2D eigenvalue weighted by Crippen LogP contribution is -2.30. The molecule has 2 aliphatic rings. The number of hydrogen-bond acceptors (Lipinski definition) is 2. The molecule has 21 heavy (non-hydrogen) atoms. The number of rotatable bonds is 1. The van der Waals surface area contributed by atoms with Crippen molar-refractivity contribution in [3.8, 4) is 0 Å². The second kappa shape index (κ2) is 4.57. The molecule has 1 aromatic rings. The van der Waals surface area contributed by atoms with Gasteiger partial charge in [0.1, 0.15) is 0 Å². The average Bonchev–Trinajstić information content (AvgIpc) is 2.57. The van der Waals surface area contributed by atoms with Gasteiger partial charge in [-0.15, -0.1) is 0 Å². The number of hydrogen-bond donors (Lipinski definition) is 0. The first-order chi connectivity index (χ1) is 9.71. The summed E-state index contributed by atoms with van der Waals surface area (Å²) in [7, 11) is 1.73. The zero-order valence-corrected chi connectivity index (χ0v) is 14.4. The highest BCUT2D eigenvalue weighted by Gasteiger charge is 2.49. The Kier molecular flexibility index (Phi) is 3.27. The summed E-state index contributed by atoms with van der Waals surface area (Å²) in [6.45, 7) is 14.9. The van der Waals surface area contributed by atoms with E-state index in [4.69, 9.17) is 9.47 Å². The maximum absolute atomic E-state index is 5.85. The van der Waals surface area contributed by atoms with Gasteiger partial charge in [-0.2, -0.15) is 0 Å². The first-order valence-electron chi connectivity index (χ1n) is 8.04. The van der Waals surface area contributed by atoms with Crippen molar-refractivity contribution < 1.29 is 9.47 Å². The molecule has 1 aromatic carbocycles. The predicted octanol–water partition coefficient (Wildman–Crippen LogP) is 4.67. The van der Waals surface area contributed by atoms with Gasteiger partial charge in [-0.3, -0.25) is 0 Å². The molecule has 3 rings (SSSR count). The van der Waals surface area contributed by atoms with Crippen molar-refractivity contribution in [2.24, 2.45) is 5.92 Å². The van der Waals surface area contributed by atoms with Crippen LogP contribution in [0.15, 0.2) is 12.1 Å². The average molecular weight is 288 g/mol. The topological polar surface area (TPSA) is 18.5 Å². The molecule has 3 unspecified atom stereocenters. The second-order valence-corrected chi connectivity index (χ2v) is 7.99. The van der Waals surface area contributed by atoms with Gasteiger partial charge in [-0.05, 0) is 39.5 Å². The zero-order chi connectivity index (χ0) is 15.6. The molecule has 2 nitrogen and oxygen atoms in total. The highest BCUT2D eigenvalue weighted by molar-refractivity contribution is 5.52. The zero-order valence-electron chi connectivity index (χ0n) is 14.4. The van der Waals surface area contributed by atoms with Crippen LogP contribution in [0.1, 0.15) is 76.0 Å². The van der Waals surface area contributed by atoms with E-state index in [1.165, 1.54) is 22.3 Å².